The monoisotopic (exact) mass is 446 g/mol. The van der Waals surface area contributed by atoms with E-state index >= 15 is 0 Å². The molecule has 0 aliphatic heterocycles. The number of halogens is 1. The van der Waals surface area contributed by atoms with Crippen LogP contribution in [0.3, 0.4) is 0 Å². The second-order valence-corrected chi connectivity index (χ2v) is 11.6. The summed E-state index contributed by atoms with van der Waals surface area (Å²) in [7, 11) is 0. The van der Waals surface area contributed by atoms with E-state index in [4.69, 9.17) is 4.74 Å². The van der Waals surface area contributed by atoms with Gasteiger partial charge in [0, 0.05) is 4.83 Å². The van der Waals surface area contributed by atoms with Crippen LogP contribution in [0.4, 0.5) is 0 Å². The van der Waals surface area contributed by atoms with E-state index in [0.29, 0.717) is 16.2 Å². The molecule has 0 aromatic heterocycles. The van der Waals surface area contributed by atoms with Gasteiger partial charge in [-0.1, -0.05) is 66.7 Å². The summed E-state index contributed by atoms with van der Waals surface area (Å²) in [5, 5.41) is 0. The summed E-state index contributed by atoms with van der Waals surface area (Å²) in [5.41, 5.74) is 0.568. The lowest BCUT2D eigenvalue weighted by atomic mass is 9.46. The van der Waals surface area contributed by atoms with Crippen molar-refractivity contribution < 1.29 is 4.74 Å². The number of rotatable bonds is 11. The van der Waals surface area contributed by atoms with Gasteiger partial charge in [-0.3, -0.25) is 0 Å². The van der Waals surface area contributed by atoms with Crippen molar-refractivity contribution in [2.24, 2.45) is 29.1 Å². The standard InChI is InChI=1S/C26H39BrO/c1-2-3-4-6-9-24(27)15-23(19-28-25-10-7-5-8-11-25)26-16-20-12-21(17-26)14-22(13-20)18-26/h5,7-8,10-11,20-24H,2-4,6,9,12-19H2,1H3. The molecule has 28 heavy (non-hydrogen) atoms. The van der Waals surface area contributed by atoms with Crippen LogP contribution in [0.25, 0.3) is 0 Å². The van der Waals surface area contributed by atoms with Gasteiger partial charge in [-0.05, 0) is 92.6 Å². The normalized spacial score (nSPS) is 33.0. The summed E-state index contributed by atoms with van der Waals surface area (Å²) in [4.78, 5) is 0.654. The molecule has 156 valence electrons. The Morgan fingerprint density at radius 3 is 2.21 bits per heavy atom. The average molecular weight is 448 g/mol. The van der Waals surface area contributed by atoms with Gasteiger partial charge in [-0.2, -0.15) is 0 Å². The zero-order chi connectivity index (χ0) is 19.4. The largest absolute Gasteiger partial charge is 0.493 e. The fraction of sp³-hybridized carbons (Fsp3) is 0.769. The summed E-state index contributed by atoms with van der Waals surface area (Å²) in [5.74, 6) is 4.80. The zero-order valence-electron chi connectivity index (χ0n) is 17.8. The maximum absolute atomic E-state index is 6.38. The first kappa shape index (κ1) is 20.8. The quantitative estimate of drug-likeness (QED) is 0.246. The van der Waals surface area contributed by atoms with Crippen LogP contribution in [0.15, 0.2) is 30.3 Å². The number of unbranched alkanes of at least 4 members (excludes halogenated alkanes) is 3. The van der Waals surface area contributed by atoms with Gasteiger partial charge in [-0.25, -0.2) is 0 Å². The summed E-state index contributed by atoms with van der Waals surface area (Å²) in [6.45, 7) is 3.21. The van der Waals surface area contributed by atoms with Crippen molar-refractivity contribution >= 4 is 15.9 Å². The second-order valence-electron chi connectivity index (χ2n) is 10.3. The van der Waals surface area contributed by atoms with Gasteiger partial charge in [-0.15, -0.1) is 0 Å². The Morgan fingerprint density at radius 1 is 0.964 bits per heavy atom. The van der Waals surface area contributed by atoms with Gasteiger partial charge in [0.15, 0.2) is 0 Å². The number of benzene rings is 1. The van der Waals surface area contributed by atoms with Gasteiger partial charge in [0.2, 0.25) is 0 Å². The molecule has 4 saturated carbocycles. The lowest BCUT2D eigenvalue weighted by Gasteiger charge is -2.59. The van der Waals surface area contributed by atoms with Crippen LogP contribution in [-0.4, -0.2) is 11.4 Å². The molecule has 0 N–H and O–H groups in total. The highest BCUT2D eigenvalue weighted by atomic mass is 79.9. The van der Waals surface area contributed by atoms with E-state index < -0.39 is 0 Å². The maximum atomic E-state index is 6.38. The van der Waals surface area contributed by atoms with Crippen LogP contribution in [0.2, 0.25) is 0 Å². The Kier molecular flexibility index (Phi) is 7.07. The number of para-hydroxylation sites is 1. The molecule has 2 atom stereocenters. The number of hydrogen-bond donors (Lipinski definition) is 0. The minimum atomic E-state index is 0.568. The summed E-state index contributed by atoms with van der Waals surface area (Å²) < 4.78 is 6.38. The highest BCUT2D eigenvalue weighted by molar-refractivity contribution is 9.09. The van der Waals surface area contributed by atoms with Gasteiger partial charge in [0.05, 0.1) is 6.61 Å². The molecule has 0 spiro atoms. The van der Waals surface area contributed by atoms with Crippen LogP contribution in [0.1, 0.15) is 84.0 Å². The highest BCUT2D eigenvalue weighted by Gasteiger charge is 2.54. The van der Waals surface area contributed by atoms with E-state index in [-0.39, 0.29) is 0 Å². The number of hydrogen-bond acceptors (Lipinski definition) is 1. The molecular weight excluding hydrogens is 408 g/mol. The molecule has 2 heteroatoms. The summed E-state index contributed by atoms with van der Waals surface area (Å²) >= 11 is 4.08. The SMILES string of the molecule is CCCCCCC(Br)CC(COc1ccccc1)C12CC3CC(CC(C3)C1)C2. The van der Waals surface area contributed by atoms with Crippen molar-refractivity contribution in [2.75, 3.05) is 6.61 Å². The van der Waals surface area contributed by atoms with E-state index in [1.807, 2.05) is 0 Å². The topological polar surface area (TPSA) is 9.23 Å². The Bertz CT molecular complexity index is 562. The minimum absolute atomic E-state index is 0.568. The summed E-state index contributed by atoms with van der Waals surface area (Å²) in [6.07, 6.45) is 17.1. The molecule has 0 radical (unpaired) electrons. The lowest BCUT2D eigenvalue weighted by Crippen LogP contribution is -2.51. The maximum Gasteiger partial charge on any atom is 0.119 e. The van der Waals surface area contributed by atoms with Crippen LogP contribution in [-0.2, 0) is 0 Å². The van der Waals surface area contributed by atoms with E-state index in [0.717, 1.165) is 30.1 Å². The van der Waals surface area contributed by atoms with Gasteiger partial charge in [0.25, 0.3) is 0 Å². The highest BCUT2D eigenvalue weighted by Crippen LogP contribution is 2.63. The molecule has 0 saturated heterocycles. The molecule has 1 aromatic rings. The Hall–Kier alpha value is -0.500. The van der Waals surface area contributed by atoms with Crippen LogP contribution >= 0.6 is 15.9 Å². The predicted molar refractivity (Wildman–Crippen MR) is 122 cm³/mol. The first-order chi connectivity index (χ1) is 13.7. The molecule has 0 amide bonds. The third-order valence-corrected chi connectivity index (χ3v) is 8.89. The van der Waals surface area contributed by atoms with Crippen LogP contribution < -0.4 is 4.74 Å². The fourth-order valence-electron chi connectivity index (χ4n) is 7.11. The predicted octanol–water partition coefficient (Wildman–Crippen LogP) is 8.02. The van der Waals surface area contributed by atoms with E-state index in [1.54, 1.807) is 0 Å². The second kappa shape index (κ2) is 9.54. The molecule has 5 rings (SSSR count). The molecule has 4 aliphatic carbocycles. The molecule has 4 aliphatic rings. The van der Waals surface area contributed by atoms with Crippen molar-refractivity contribution in [1.29, 1.82) is 0 Å². The van der Waals surface area contributed by atoms with Crippen molar-refractivity contribution in [3.63, 3.8) is 0 Å². The smallest absolute Gasteiger partial charge is 0.119 e. The molecule has 4 fully saturated rings. The number of ether oxygens (including phenoxy) is 1. The Labute approximate surface area is 181 Å². The van der Waals surface area contributed by atoms with Crippen molar-refractivity contribution in [3.05, 3.63) is 30.3 Å². The molecular formula is C26H39BrO. The van der Waals surface area contributed by atoms with Crippen LogP contribution in [0, 0.1) is 29.1 Å². The first-order valence-electron chi connectivity index (χ1n) is 12.0. The molecule has 1 nitrogen and oxygen atoms in total. The Morgan fingerprint density at radius 2 is 1.61 bits per heavy atom. The van der Waals surface area contributed by atoms with Crippen molar-refractivity contribution in [3.8, 4) is 5.75 Å². The first-order valence-corrected chi connectivity index (χ1v) is 12.9. The van der Waals surface area contributed by atoms with Gasteiger partial charge < -0.3 is 4.74 Å². The molecule has 2 unspecified atom stereocenters. The lowest BCUT2D eigenvalue weighted by molar-refractivity contribution is -0.0976. The van der Waals surface area contributed by atoms with Crippen molar-refractivity contribution in [1.82, 2.24) is 0 Å². The van der Waals surface area contributed by atoms with Crippen LogP contribution in [0.5, 0.6) is 5.75 Å². The third kappa shape index (κ3) is 4.97. The average Bonchev–Trinajstić information content (AvgIpc) is 2.68. The summed E-state index contributed by atoms with van der Waals surface area (Å²) in [6, 6.07) is 10.5. The van der Waals surface area contributed by atoms with E-state index in [1.165, 1.54) is 77.0 Å². The number of alkyl halides is 1. The van der Waals surface area contributed by atoms with E-state index in [2.05, 4.69) is 53.2 Å². The zero-order valence-corrected chi connectivity index (χ0v) is 19.3. The molecule has 0 heterocycles. The van der Waals surface area contributed by atoms with E-state index in [9.17, 15) is 0 Å². The Balaban J connectivity index is 1.42. The van der Waals surface area contributed by atoms with Gasteiger partial charge in [0.1, 0.15) is 5.75 Å². The fourth-order valence-corrected chi connectivity index (χ4v) is 7.88. The molecule has 4 bridgehead atoms. The van der Waals surface area contributed by atoms with Crippen molar-refractivity contribution in [2.45, 2.75) is 88.8 Å². The third-order valence-electron chi connectivity index (χ3n) is 8.06. The molecule has 1 aromatic carbocycles. The minimum Gasteiger partial charge on any atom is -0.493 e. The van der Waals surface area contributed by atoms with Gasteiger partial charge >= 0.3 is 0 Å².